The van der Waals surface area contributed by atoms with Gasteiger partial charge in [0.2, 0.25) is 0 Å². The lowest BCUT2D eigenvalue weighted by Gasteiger charge is -2.28. The largest absolute Gasteiger partial charge is 0.488 e. The third-order valence-corrected chi connectivity index (χ3v) is 2.66. The Morgan fingerprint density at radius 3 is 2.00 bits per heavy atom. The highest BCUT2D eigenvalue weighted by Crippen LogP contribution is 2.35. The fraction of sp³-hybridized carbons (Fsp3) is 0.571. The van der Waals surface area contributed by atoms with Crippen molar-refractivity contribution in [3.8, 4) is 5.75 Å². The number of ether oxygens (including phenoxy) is 1. The summed E-state index contributed by atoms with van der Waals surface area (Å²) in [5.74, 6) is 0.975. The summed E-state index contributed by atoms with van der Waals surface area (Å²) in [6, 6.07) is 6.20. The molecule has 0 radical (unpaired) electrons. The van der Waals surface area contributed by atoms with Crippen molar-refractivity contribution < 1.29 is 4.74 Å². The van der Waals surface area contributed by atoms with E-state index in [-0.39, 0.29) is 11.0 Å². The van der Waals surface area contributed by atoms with Crippen molar-refractivity contribution >= 4 is 15.9 Å². The lowest BCUT2D eigenvalue weighted by atomic mass is 9.86. The summed E-state index contributed by atoms with van der Waals surface area (Å²) >= 11 is 3.51. The average molecular weight is 285 g/mol. The zero-order chi connectivity index (χ0) is 12.6. The van der Waals surface area contributed by atoms with E-state index < -0.39 is 0 Å². The molecule has 0 saturated carbocycles. The fourth-order valence-electron chi connectivity index (χ4n) is 1.51. The van der Waals surface area contributed by atoms with Gasteiger partial charge in [-0.2, -0.15) is 0 Å². The second-order valence-electron chi connectivity index (χ2n) is 6.10. The van der Waals surface area contributed by atoms with Gasteiger partial charge in [0.1, 0.15) is 11.4 Å². The lowest BCUT2D eigenvalue weighted by Crippen LogP contribution is -2.25. The number of hydrogen-bond donors (Lipinski definition) is 0. The molecule has 0 spiro atoms. The van der Waals surface area contributed by atoms with E-state index in [2.05, 4.69) is 63.5 Å². The van der Waals surface area contributed by atoms with Crippen LogP contribution in [0.5, 0.6) is 5.75 Å². The zero-order valence-corrected chi connectivity index (χ0v) is 12.6. The Hall–Kier alpha value is -0.500. The van der Waals surface area contributed by atoms with E-state index in [1.54, 1.807) is 0 Å². The molecule has 0 bridgehead atoms. The van der Waals surface area contributed by atoms with E-state index in [1.165, 1.54) is 5.56 Å². The molecule has 0 unspecified atom stereocenters. The maximum Gasteiger partial charge on any atom is 0.123 e. The van der Waals surface area contributed by atoms with Crippen LogP contribution in [0.25, 0.3) is 0 Å². The van der Waals surface area contributed by atoms with Crippen LogP contribution in [0, 0.1) is 0 Å². The van der Waals surface area contributed by atoms with Crippen LogP contribution >= 0.6 is 15.9 Å². The molecular formula is C14H21BrO. The topological polar surface area (TPSA) is 9.23 Å². The minimum atomic E-state index is -0.159. The Kier molecular flexibility index (Phi) is 3.73. The summed E-state index contributed by atoms with van der Waals surface area (Å²) in [6.45, 7) is 12.8. The summed E-state index contributed by atoms with van der Waals surface area (Å²) in [4.78, 5) is 0. The van der Waals surface area contributed by atoms with E-state index in [9.17, 15) is 0 Å². The minimum absolute atomic E-state index is 0.0877. The molecule has 0 atom stereocenters. The fourth-order valence-corrected chi connectivity index (χ4v) is 1.87. The number of halogens is 1. The number of benzene rings is 1. The van der Waals surface area contributed by atoms with E-state index in [1.807, 2.05) is 12.1 Å². The summed E-state index contributed by atoms with van der Waals surface area (Å²) in [6.07, 6.45) is 0. The van der Waals surface area contributed by atoms with Crippen LogP contribution in [-0.2, 0) is 5.41 Å². The van der Waals surface area contributed by atoms with Crippen molar-refractivity contribution in [2.45, 2.75) is 52.6 Å². The summed E-state index contributed by atoms with van der Waals surface area (Å²) in [5.41, 5.74) is 1.16. The summed E-state index contributed by atoms with van der Waals surface area (Å²) in [5, 5.41) is 0. The second-order valence-corrected chi connectivity index (χ2v) is 7.02. The van der Waals surface area contributed by atoms with Crippen LogP contribution in [-0.4, -0.2) is 5.60 Å². The van der Waals surface area contributed by atoms with Crippen molar-refractivity contribution in [2.24, 2.45) is 0 Å². The first-order valence-corrected chi connectivity index (χ1v) is 6.38. The molecule has 1 aromatic carbocycles. The monoisotopic (exact) mass is 284 g/mol. The second kappa shape index (κ2) is 4.40. The minimum Gasteiger partial charge on any atom is -0.488 e. The van der Waals surface area contributed by atoms with Crippen LogP contribution in [0.4, 0.5) is 0 Å². The highest BCUT2D eigenvalue weighted by molar-refractivity contribution is 9.10. The molecule has 90 valence electrons. The maximum atomic E-state index is 5.99. The van der Waals surface area contributed by atoms with Crippen LogP contribution in [0.15, 0.2) is 22.7 Å². The predicted octanol–water partition coefficient (Wildman–Crippen LogP) is 4.92. The van der Waals surface area contributed by atoms with Gasteiger partial charge in [-0.15, -0.1) is 0 Å². The first-order chi connectivity index (χ1) is 7.09. The van der Waals surface area contributed by atoms with Crippen molar-refractivity contribution in [3.63, 3.8) is 0 Å². The predicted molar refractivity (Wildman–Crippen MR) is 73.2 cm³/mol. The SMILES string of the molecule is CC(C)(C)Oc1ccc(Br)cc1C(C)(C)C. The molecule has 1 rings (SSSR count). The van der Waals surface area contributed by atoms with Crippen molar-refractivity contribution in [2.75, 3.05) is 0 Å². The molecule has 0 aliphatic heterocycles. The number of hydrogen-bond acceptors (Lipinski definition) is 1. The third-order valence-electron chi connectivity index (χ3n) is 2.17. The average Bonchev–Trinajstić information content (AvgIpc) is 2.04. The van der Waals surface area contributed by atoms with E-state index in [0.717, 1.165) is 10.2 Å². The van der Waals surface area contributed by atoms with Gasteiger partial charge in [0.15, 0.2) is 0 Å². The van der Waals surface area contributed by atoms with Crippen molar-refractivity contribution in [1.29, 1.82) is 0 Å². The normalized spacial score (nSPS) is 12.7. The van der Waals surface area contributed by atoms with Gasteiger partial charge in [0.25, 0.3) is 0 Å². The molecule has 0 aliphatic carbocycles. The molecular weight excluding hydrogens is 264 g/mol. The molecule has 0 fully saturated rings. The molecule has 0 saturated heterocycles. The summed E-state index contributed by atoms with van der Waals surface area (Å²) < 4.78 is 7.09. The smallest absolute Gasteiger partial charge is 0.123 e. The molecule has 1 nitrogen and oxygen atoms in total. The lowest BCUT2D eigenvalue weighted by molar-refractivity contribution is 0.128. The molecule has 16 heavy (non-hydrogen) atoms. The molecule has 0 N–H and O–H groups in total. The Bertz CT molecular complexity index is 369. The van der Waals surface area contributed by atoms with E-state index in [4.69, 9.17) is 4.74 Å². The van der Waals surface area contributed by atoms with Crippen LogP contribution < -0.4 is 4.74 Å². The highest BCUT2D eigenvalue weighted by Gasteiger charge is 2.22. The maximum absolute atomic E-state index is 5.99. The van der Waals surface area contributed by atoms with Gasteiger partial charge in [-0.25, -0.2) is 0 Å². The van der Waals surface area contributed by atoms with Gasteiger partial charge < -0.3 is 4.74 Å². The van der Waals surface area contributed by atoms with Crippen molar-refractivity contribution in [1.82, 2.24) is 0 Å². The molecule has 2 heteroatoms. The standard InChI is InChI=1S/C14H21BrO/c1-13(2,3)11-9-10(15)7-8-12(11)16-14(4,5)6/h7-9H,1-6H3. The van der Waals surface area contributed by atoms with Gasteiger partial charge in [-0.3, -0.25) is 0 Å². The highest BCUT2D eigenvalue weighted by atomic mass is 79.9. The molecule has 1 aromatic rings. The summed E-state index contributed by atoms with van der Waals surface area (Å²) in [7, 11) is 0. The van der Waals surface area contributed by atoms with Gasteiger partial charge in [-0.1, -0.05) is 36.7 Å². The molecule has 0 amide bonds. The van der Waals surface area contributed by atoms with Crippen LogP contribution in [0.1, 0.15) is 47.1 Å². The van der Waals surface area contributed by atoms with Gasteiger partial charge >= 0.3 is 0 Å². The van der Waals surface area contributed by atoms with Gasteiger partial charge in [-0.05, 0) is 44.4 Å². The Morgan fingerprint density at radius 2 is 1.56 bits per heavy atom. The first kappa shape index (κ1) is 13.6. The molecule has 0 aliphatic rings. The molecule has 0 heterocycles. The van der Waals surface area contributed by atoms with E-state index >= 15 is 0 Å². The Balaban J connectivity index is 3.19. The zero-order valence-electron chi connectivity index (χ0n) is 11.0. The van der Waals surface area contributed by atoms with Crippen LogP contribution in [0.2, 0.25) is 0 Å². The van der Waals surface area contributed by atoms with Gasteiger partial charge in [0.05, 0.1) is 0 Å². The van der Waals surface area contributed by atoms with Crippen molar-refractivity contribution in [3.05, 3.63) is 28.2 Å². The third kappa shape index (κ3) is 3.82. The first-order valence-electron chi connectivity index (χ1n) is 5.59. The number of rotatable bonds is 1. The quantitative estimate of drug-likeness (QED) is 0.711. The Morgan fingerprint density at radius 1 is 1.00 bits per heavy atom. The van der Waals surface area contributed by atoms with E-state index in [0.29, 0.717) is 0 Å². The molecule has 0 aromatic heterocycles. The van der Waals surface area contributed by atoms with Gasteiger partial charge in [0, 0.05) is 10.0 Å². The Labute approximate surface area is 107 Å². The van der Waals surface area contributed by atoms with Crippen LogP contribution in [0.3, 0.4) is 0 Å².